The van der Waals surface area contributed by atoms with Crippen molar-refractivity contribution in [1.29, 1.82) is 0 Å². The van der Waals surface area contributed by atoms with Crippen LogP contribution in [0, 0.1) is 5.82 Å². The van der Waals surface area contributed by atoms with E-state index in [-0.39, 0.29) is 36.8 Å². The van der Waals surface area contributed by atoms with Gasteiger partial charge in [0.2, 0.25) is 0 Å². The van der Waals surface area contributed by atoms with Crippen LogP contribution in [0.2, 0.25) is 0 Å². The molecular formula is C20H20ClFN2O2. The molecule has 1 N–H and O–H groups in total. The topological polar surface area (TPSA) is 41.6 Å². The average molecular weight is 375 g/mol. The molecule has 136 valence electrons. The lowest BCUT2D eigenvalue weighted by Gasteiger charge is -2.37. The Hall–Kier alpha value is -2.37. The van der Waals surface area contributed by atoms with Gasteiger partial charge in [0, 0.05) is 25.2 Å². The fourth-order valence-corrected chi connectivity index (χ4v) is 3.38. The number of halogens is 2. The minimum Gasteiger partial charge on any atom is -0.488 e. The predicted molar refractivity (Wildman–Crippen MR) is 101 cm³/mol. The summed E-state index contributed by atoms with van der Waals surface area (Å²) < 4.78 is 19.3. The number of ether oxygens (including phenoxy) is 1. The van der Waals surface area contributed by atoms with Gasteiger partial charge in [0.25, 0.3) is 5.91 Å². The van der Waals surface area contributed by atoms with Crippen molar-refractivity contribution in [3.05, 3.63) is 71.0 Å². The summed E-state index contributed by atoms with van der Waals surface area (Å²) in [5.41, 5.74) is 2.34. The number of nitrogens with one attached hydrogen (secondary N) is 1. The standard InChI is InChI=1S/C20H19FN2O2.ClH/c21-17-6-3-5-14(11-17)18-12-22-8-9-23(18)20(24)16-10-15-4-1-2-7-19(15)25-13-16;/h1-7,10-11,18,22H,8-9,12-13H2;1H. The molecule has 4 rings (SSSR count). The second kappa shape index (κ2) is 7.89. The Kier molecular flexibility index (Phi) is 5.59. The zero-order chi connectivity index (χ0) is 17.2. The van der Waals surface area contributed by atoms with Crippen LogP contribution in [0.4, 0.5) is 4.39 Å². The molecule has 2 aromatic rings. The summed E-state index contributed by atoms with van der Waals surface area (Å²) >= 11 is 0. The van der Waals surface area contributed by atoms with Gasteiger partial charge in [0.15, 0.2) is 0 Å². The molecule has 1 amide bonds. The molecule has 2 aromatic carbocycles. The van der Waals surface area contributed by atoms with Crippen LogP contribution in [-0.2, 0) is 4.79 Å². The summed E-state index contributed by atoms with van der Waals surface area (Å²) in [6.07, 6.45) is 1.89. The van der Waals surface area contributed by atoms with Gasteiger partial charge in [0.05, 0.1) is 11.6 Å². The van der Waals surface area contributed by atoms with Crippen LogP contribution >= 0.6 is 12.4 Å². The van der Waals surface area contributed by atoms with Gasteiger partial charge < -0.3 is 15.0 Å². The van der Waals surface area contributed by atoms with Crippen LogP contribution < -0.4 is 10.1 Å². The van der Waals surface area contributed by atoms with Gasteiger partial charge in [-0.25, -0.2) is 4.39 Å². The highest BCUT2D eigenvalue weighted by Gasteiger charge is 2.31. The first kappa shape index (κ1) is 18.4. The van der Waals surface area contributed by atoms with E-state index in [0.717, 1.165) is 23.4 Å². The number of hydrogen-bond donors (Lipinski definition) is 1. The third-order valence-corrected chi connectivity index (χ3v) is 4.64. The lowest BCUT2D eigenvalue weighted by atomic mass is 10.0. The Bertz CT molecular complexity index is 840. The number of para-hydroxylation sites is 1. The minimum absolute atomic E-state index is 0. The zero-order valence-electron chi connectivity index (χ0n) is 14.2. The smallest absolute Gasteiger partial charge is 0.253 e. The summed E-state index contributed by atoms with van der Waals surface area (Å²) in [6, 6.07) is 13.9. The highest BCUT2D eigenvalue weighted by atomic mass is 35.5. The van der Waals surface area contributed by atoms with Gasteiger partial charge in [0.1, 0.15) is 18.2 Å². The van der Waals surface area contributed by atoms with Gasteiger partial charge in [-0.2, -0.15) is 0 Å². The molecule has 0 saturated carbocycles. The number of hydrogen-bond acceptors (Lipinski definition) is 3. The van der Waals surface area contributed by atoms with Crippen LogP contribution in [0.3, 0.4) is 0 Å². The Morgan fingerprint density at radius 1 is 1.19 bits per heavy atom. The first-order valence-electron chi connectivity index (χ1n) is 8.42. The highest BCUT2D eigenvalue weighted by molar-refractivity contribution is 5.99. The van der Waals surface area contributed by atoms with Gasteiger partial charge in [-0.15, -0.1) is 12.4 Å². The Morgan fingerprint density at radius 2 is 2.04 bits per heavy atom. The molecule has 0 spiro atoms. The maximum Gasteiger partial charge on any atom is 0.253 e. The molecular weight excluding hydrogens is 355 g/mol. The lowest BCUT2D eigenvalue weighted by Crippen LogP contribution is -2.49. The fraction of sp³-hybridized carbons (Fsp3) is 0.250. The summed E-state index contributed by atoms with van der Waals surface area (Å²) in [7, 11) is 0. The van der Waals surface area contributed by atoms with Crippen LogP contribution in [-0.4, -0.2) is 37.0 Å². The van der Waals surface area contributed by atoms with Gasteiger partial charge in [-0.3, -0.25) is 4.79 Å². The predicted octanol–water partition coefficient (Wildman–Crippen LogP) is 3.20. The van der Waals surface area contributed by atoms with Gasteiger partial charge in [-0.1, -0.05) is 30.3 Å². The Balaban J connectivity index is 0.00000196. The summed E-state index contributed by atoms with van der Waals surface area (Å²) in [6.45, 7) is 2.18. The maximum atomic E-state index is 13.6. The van der Waals surface area contributed by atoms with E-state index in [9.17, 15) is 9.18 Å². The third kappa shape index (κ3) is 3.59. The van der Waals surface area contributed by atoms with E-state index in [1.165, 1.54) is 12.1 Å². The van der Waals surface area contributed by atoms with Gasteiger partial charge in [-0.05, 0) is 29.8 Å². The van der Waals surface area contributed by atoms with Crippen molar-refractivity contribution < 1.29 is 13.9 Å². The number of carbonyl (C=O) groups excluding carboxylic acids is 1. The Morgan fingerprint density at radius 3 is 2.88 bits per heavy atom. The van der Waals surface area contributed by atoms with Crippen LogP contribution in [0.5, 0.6) is 5.75 Å². The average Bonchev–Trinajstić information content (AvgIpc) is 2.67. The molecule has 1 unspecified atom stereocenters. The van der Waals surface area contributed by atoms with Gasteiger partial charge >= 0.3 is 0 Å². The van der Waals surface area contributed by atoms with E-state index in [0.29, 0.717) is 18.7 Å². The van der Waals surface area contributed by atoms with E-state index < -0.39 is 0 Å². The summed E-state index contributed by atoms with van der Waals surface area (Å²) in [4.78, 5) is 14.9. The quantitative estimate of drug-likeness (QED) is 0.877. The minimum atomic E-state index is -0.287. The van der Waals surface area contributed by atoms with Crippen molar-refractivity contribution in [2.45, 2.75) is 6.04 Å². The number of fused-ring (bicyclic) bond motifs is 1. The molecule has 0 radical (unpaired) electrons. The first-order valence-corrected chi connectivity index (χ1v) is 8.42. The van der Waals surface area contributed by atoms with E-state index >= 15 is 0 Å². The number of amides is 1. The lowest BCUT2D eigenvalue weighted by molar-refractivity contribution is -0.130. The van der Waals surface area contributed by atoms with Crippen molar-refractivity contribution in [2.75, 3.05) is 26.2 Å². The monoisotopic (exact) mass is 374 g/mol. The molecule has 6 heteroatoms. The maximum absolute atomic E-state index is 13.6. The highest BCUT2D eigenvalue weighted by Crippen LogP contribution is 2.29. The largest absolute Gasteiger partial charge is 0.488 e. The molecule has 26 heavy (non-hydrogen) atoms. The molecule has 2 aliphatic rings. The number of rotatable bonds is 2. The molecule has 4 nitrogen and oxygen atoms in total. The third-order valence-electron chi connectivity index (χ3n) is 4.64. The van der Waals surface area contributed by atoms with Crippen molar-refractivity contribution in [2.24, 2.45) is 0 Å². The van der Waals surface area contributed by atoms with Crippen molar-refractivity contribution in [3.63, 3.8) is 0 Å². The van der Waals surface area contributed by atoms with E-state index in [1.807, 2.05) is 41.3 Å². The van der Waals surface area contributed by atoms with E-state index in [2.05, 4.69) is 5.32 Å². The molecule has 0 aliphatic carbocycles. The van der Waals surface area contributed by atoms with E-state index in [4.69, 9.17) is 4.74 Å². The normalized spacial score (nSPS) is 18.9. The fourth-order valence-electron chi connectivity index (χ4n) is 3.38. The van der Waals surface area contributed by atoms with Crippen LogP contribution in [0.25, 0.3) is 6.08 Å². The molecule has 1 fully saturated rings. The SMILES string of the molecule is Cl.O=C(C1=Cc2ccccc2OC1)N1CCNCC1c1cccc(F)c1. The Labute approximate surface area is 158 Å². The molecule has 1 atom stereocenters. The van der Waals surface area contributed by atoms with E-state index in [1.54, 1.807) is 6.07 Å². The number of benzene rings is 2. The molecule has 2 heterocycles. The molecule has 0 aromatic heterocycles. The second-order valence-corrected chi connectivity index (χ2v) is 6.27. The first-order chi connectivity index (χ1) is 12.2. The van der Waals surface area contributed by atoms with Crippen molar-refractivity contribution >= 4 is 24.4 Å². The number of carbonyl (C=O) groups is 1. The van der Waals surface area contributed by atoms with Crippen molar-refractivity contribution in [3.8, 4) is 5.75 Å². The molecule has 1 saturated heterocycles. The summed E-state index contributed by atoms with van der Waals surface area (Å²) in [5, 5.41) is 3.29. The van der Waals surface area contributed by atoms with Crippen molar-refractivity contribution in [1.82, 2.24) is 10.2 Å². The second-order valence-electron chi connectivity index (χ2n) is 6.27. The molecule has 0 bridgehead atoms. The number of piperazine rings is 1. The number of nitrogens with zero attached hydrogens (tertiary/aromatic N) is 1. The summed E-state index contributed by atoms with van der Waals surface area (Å²) in [5.74, 6) is 0.455. The molecule has 2 aliphatic heterocycles. The zero-order valence-corrected chi connectivity index (χ0v) is 15.0. The van der Waals surface area contributed by atoms with Crippen LogP contribution in [0.1, 0.15) is 17.2 Å². The van der Waals surface area contributed by atoms with Crippen LogP contribution in [0.15, 0.2) is 54.1 Å².